The van der Waals surface area contributed by atoms with Crippen molar-refractivity contribution in [3.63, 3.8) is 0 Å². The Kier molecular flexibility index (Phi) is 3.24. The molecule has 1 aliphatic heterocycles. The average Bonchev–Trinajstić information content (AvgIpc) is 1.74. The summed E-state index contributed by atoms with van der Waals surface area (Å²) >= 11 is 0. The van der Waals surface area contributed by atoms with Gasteiger partial charge in [-0.25, -0.2) is 0 Å². The SMILES string of the molecule is C[C@@H](O)CN1CC(C)(C)OC(C)(C)C1. The third-order valence-electron chi connectivity index (χ3n) is 2.28. The maximum Gasteiger partial charge on any atom is 0.0760 e. The van der Waals surface area contributed by atoms with E-state index in [1.807, 2.05) is 6.92 Å². The molecule has 0 amide bonds. The second-order valence-electron chi connectivity index (χ2n) is 5.64. The predicted octanol–water partition coefficient (Wildman–Crippen LogP) is 1.26. The lowest BCUT2D eigenvalue weighted by Gasteiger charge is -2.47. The van der Waals surface area contributed by atoms with Gasteiger partial charge in [0.2, 0.25) is 0 Å². The quantitative estimate of drug-likeness (QED) is 0.730. The summed E-state index contributed by atoms with van der Waals surface area (Å²) < 4.78 is 5.95. The van der Waals surface area contributed by atoms with Crippen LogP contribution in [0.2, 0.25) is 0 Å². The van der Waals surface area contributed by atoms with Crippen LogP contribution in [0.3, 0.4) is 0 Å². The maximum atomic E-state index is 9.36. The van der Waals surface area contributed by atoms with Crippen LogP contribution in [0.5, 0.6) is 0 Å². The Bertz CT molecular complexity index is 183. The molecule has 1 atom stereocenters. The Morgan fingerprint density at radius 3 is 2.00 bits per heavy atom. The minimum Gasteiger partial charge on any atom is -0.392 e. The molecule has 3 heteroatoms. The van der Waals surface area contributed by atoms with E-state index in [9.17, 15) is 5.11 Å². The Morgan fingerprint density at radius 2 is 1.64 bits per heavy atom. The highest BCUT2D eigenvalue weighted by Crippen LogP contribution is 2.27. The van der Waals surface area contributed by atoms with E-state index in [0.717, 1.165) is 19.6 Å². The lowest BCUT2D eigenvalue weighted by Crippen LogP contribution is -2.58. The molecule has 1 N–H and O–H groups in total. The number of hydrogen-bond acceptors (Lipinski definition) is 3. The van der Waals surface area contributed by atoms with E-state index in [2.05, 4.69) is 32.6 Å². The van der Waals surface area contributed by atoms with Gasteiger partial charge in [0.25, 0.3) is 0 Å². The molecule has 0 bridgehead atoms. The lowest BCUT2D eigenvalue weighted by molar-refractivity contribution is -0.183. The van der Waals surface area contributed by atoms with Crippen LogP contribution in [0.15, 0.2) is 0 Å². The van der Waals surface area contributed by atoms with E-state index < -0.39 is 0 Å². The molecule has 0 saturated carbocycles. The number of rotatable bonds is 2. The van der Waals surface area contributed by atoms with Crippen LogP contribution >= 0.6 is 0 Å². The van der Waals surface area contributed by atoms with Gasteiger partial charge in [-0.2, -0.15) is 0 Å². The van der Waals surface area contributed by atoms with Gasteiger partial charge in [-0.15, -0.1) is 0 Å². The number of β-amino-alcohol motifs (C(OH)–C–C–N with tert-alkyl or cyclic N) is 1. The van der Waals surface area contributed by atoms with Crippen molar-refractivity contribution in [2.24, 2.45) is 0 Å². The van der Waals surface area contributed by atoms with Gasteiger partial charge in [0.1, 0.15) is 0 Å². The highest BCUT2D eigenvalue weighted by atomic mass is 16.5. The van der Waals surface area contributed by atoms with Gasteiger partial charge < -0.3 is 9.84 Å². The fourth-order valence-corrected chi connectivity index (χ4v) is 2.45. The van der Waals surface area contributed by atoms with E-state index in [4.69, 9.17) is 4.74 Å². The zero-order chi connectivity index (χ0) is 11.0. The molecule has 0 aromatic carbocycles. The van der Waals surface area contributed by atoms with E-state index in [1.54, 1.807) is 0 Å². The summed E-state index contributed by atoms with van der Waals surface area (Å²) in [6.45, 7) is 12.7. The summed E-state index contributed by atoms with van der Waals surface area (Å²) in [5.41, 5.74) is -0.229. The molecule has 3 nitrogen and oxygen atoms in total. The number of hydrogen-bond donors (Lipinski definition) is 1. The third-order valence-corrected chi connectivity index (χ3v) is 2.28. The summed E-state index contributed by atoms with van der Waals surface area (Å²) in [4.78, 5) is 2.27. The van der Waals surface area contributed by atoms with Crippen LogP contribution < -0.4 is 0 Å². The van der Waals surface area contributed by atoms with Crippen molar-refractivity contribution >= 4 is 0 Å². The molecule has 1 heterocycles. The van der Waals surface area contributed by atoms with Crippen molar-refractivity contribution in [3.8, 4) is 0 Å². The summed E-state index contributed by atoms with van der Waals surface area (Å²) in [5.74, 6) is 0. The first-order valence-corrected chi connectivity index (χ1v) is 5.31. The lowest BCUT2D eigenvalue weighted by atomic mass is 9.99. The van der Waals surface area contributed by atoms with Gasteiger partial charge >= 0.3 is 0 Å². The van der Waals surface area contributed by atoms with E-state index in [1.165, 1.54) is 0 Å². The van der Waals surface area contributed by atoms with Gasteiger partial charge in [0.15, 0.2) is 0 Å². The molecule has 1 saturated heterocycles. The molecule has 1 rings (SSSR count). The standard InChI is InChI=1S/C11H23NO2/c1-9(13)6-12-7-10(2,3)14-11(4,5)8-12/h9,13H,6-8H2,1-5H3/t9-/m1/s1. The summed E-state index contributed by atoms with van der Waals surface area (Å²) in [6, 6.07) is 0. The van der Waals surface area contributed by atoms with Crippen molar-refractivity contribution in [1.82, 2.24) is 4.90 Å². The van der Waals surface area contributed by atoms with Crippen LogP contribution in [0.25, 0.3) is 0 Å². The molecule has 0 spiro atoms. The summed E-state index contributed by atoms with van der Waals surface area (Å²) in [6.07, 6.45) is -0.264. The molecule has 0 aliphatic carbocycles. The zero-order valence-electron chi connectivity index (χ0n) is 10.0. The van der Waals surface area contributed by atoms with Gasteiger partial charge in [0, 0.05) is 19.6 Å². The molecule has 84 valence electrons. The molecular weight excluding hydrogens is 178 g/mol. The van der Waals surface area contributed by atoms with Crippen molar-refractivity contribution < 1.29 is 9.84 Å². The normalized spacial score (nSPS) is 28.7. The van der Waals surface area contributed by atoms with Gasteiger partial charge in [-0.05, 0) is 34.6 Å². The van der Waals surface area contributed by atoms with E-state index in [-0.39, 0.29) is 17.3 Å². The molecule has 1 aliphatic rings. The molecule has 14 heavy (non-hydrogen) atoms. The summed E-state index contributed by atoms with van der Waals surface area (Å²) in [7, 11) is 0. The number of morpholine rings is 1. The molecule has 0 unspecified atom stereocenters. The fraction of sp³-hybridized carbons (Fsp3) is 1.00. The van der Waals surface area contributed by atoms with Crippen LogP contribution in [0.1, 0.15) is 34.6 Å². The smallest absolute Gasteiger partial charge is 0.0760 e. The number of aliphatic hydroxyl groups is 1. The fourth-order valence-electron chi connectivity index (χ4n) is 2.45. The predicted molar refractivity (Wildman–Crippen MR) is 57.4 cm³/mol. The van der Waals surface area contributed by atoms with Crippen molar-refractivity contribution in [2.75, 3.05) is 19.6 Å². The van der Waals surface area contributed by atoms with Gasteiger partial charge in [0.05, 0.1) is 17.3 Å². The number of aliphatic hydroxyl groups excluding tert-OH is 1. The Labute approximate surface area is 87.1 Å². The third kappa shape index (κ3) is 3.56. The van der Waals surface area contributed by atoms with Gasteiger partial charge in [-0.1, -0.05) is 0 Å². The first-order chi connectivity index (χ1) is 6.20. The highest BCUT2D eigenvalue weighted by Gasteiger charge is 2.38. The van der Waals surface area contributed by atoms with Crippen LogP contribution in [-0.2, 0) is 4.74 Å². The minimum atomic E-state index is -0.264. The topological polar surface area (TPSA) is 32.7 Å². The van der Waals surface area contributed by atoms with Crippen LogP contribution in [0, 0.1) is 0 Å². The number of nitrogens with zero attached hydrogens (tertiary/aromatic N) is 1. The van der Waals surface area contributed by atoms with Crippen LogP contribution in [0.4, 0.5) is 0 Å². The summed E-state index contributed by atoms with van der Waals surface area (Å²) in [5, 5.41) is 9.36. The largest absolute Gasteiger partial charge is 0.392 e. The molecule has 0 aromatic heterocycles. The van der Waals surface area contributed by atoms with Gasteiger partial charge in [-0.3, -0.25) is 4.90 Å². The Hall–Kier alpha value is -0.120. The molecule has 0 aromatic rings. The molecule has 0 radical (unpaired) electrons. The monoisotopic (exact) mass is 201 g/mol. The van der Waals surface area contributed by atoms with Crippen LogP contribution in [-0.4, -0.2) is 46.9 Å². The first-order valence-electron chi connectivity index (χ1n) is 5.31. The van der Waals surface area contributed by atoms with E-state index in [0.29, 0.717) is 0 Å². The molecular formula is C11H23NO2. The second-order valence-corrected chi connectivity index (χ2v) is 5.64. The highest BCUT2D eigenvalue weighted by molar-refractivity contribution is 4.89. The van der Waals surface area contributed by atoms with Crippen molar-refractivity contribution in [1.29, 1.82) is 0 Å². The first kappa shape index (κ1) is 12.0. The number of ether oxygens (including phenoxy) is 1. The second kappa shape index (κ2) is 3.80. The maximum absolute atomic E-state index is 9.36. The zero-order valence-corrected chi connectivity index (χ0v) is 10.0. The Balaban J connectivity index is 2.62. The van der Waals surface area contributed by atoms with Crippen molar-refractivity contribution in [2.45, 2.75) is 51.9 Å². The average molecular weight is 201 g/mol. The van der Waals surface area contributed by atoms with Crippen molar-refractivity contribution in [3.05, 3.63) is 0 Å². The minimum absolute atomic E-state index is 0.114. The Morgan fingerprint density at radius 1 is 1.21 bits per heavy atom. The molecule has 1 fully saturated rings. The van der Waals surface area contributed by atoms with E-state index >= 15 is 0 Å².